The van der Waals surface area contributed by atoms with Gasteiger partial charge in [-0.3, -0.25) is 14.4 Å². The summed E-state index contributed by atoms with van der Waals surface area (Å²) in [5.41, 5.74) is 1.63. The number of likely N-dealkylation sites (N-methyl/N-ethyl adjacent to an activating group) is 1. The van der Waals surface area contributed by atoms with Gasteiger partial charge in [0.25, 0.3) is 0 Å². The van der Waals surface area contributed by atoms with Crippen LogP contribution in [0, 0.1) is 5.82 Å². The zero-order valence-corrected chi connectivity index (χ0v) is 20.9. The lowest BCUT2D eigenvalue weighted by Crippen LogP contribution is -2.53. The fourth-order valence-corrected chi connectivity index (χ4v) is 5.53. The smallest absolute Gasteiger partial charge is 0.250 e. The SMILES string of the molecule is CN[C@@H](C)C(=O)N[C@H](C(=O)N1CCC[C@H]1c1nc(C(=O)c2ccc(F)cc2)cs1)C1=CCCCC1. The van der Waals surface area contributed by atoms with Crippen molar-refractivity contribution < 1.29 is 18.8 Å². The molecule has 2 amide bonds. The molecule has 2 aliphatic rings. The summed E-state index contributed by atoms with van der Waals surface area (Å²) in [5.74, 6) is -1.02. The lowest BCUT2D eigenvalue weighted by molar-refractivity contribution is -0.136. The van der Waals surface area contributed by atoms with Crippen molar-refractivity contribution in [2.45, 2.75) is 63.6 Å². The summed E-state index contributed by atoms with van der Waals surface area (Å²) in [5, 5.41) is 8.30. The van der Waals surface area contributed by atoms with Crippen molar-refractivity contribution >= 4 is 28.9 Å². The monoisotopic (exact) mass is 498 g/mol. The molecule has 4 rings (SSSR count). The van der Waals surface area contributed by atoms with E-state index in [9.17, 15) is 18.8 Å². The van der Waals surface area contributed by atoms with Crippen LogP contribution < -0.4 is 10.6 Å². The van der Waals surface area contributed by atoms with Crippen molar-refractivity contribution in [3.63, 3.8) is 0 Å². The predicted octanol–water partition coefficient (Wildman–Crippen LogP) is 3.77. The topological polar surface area (TPSA) is 91.4 Å². The molecule has 0 spiro atoms. The Morgan fingerprint density at radius 1 is 1.17 bits per heavy atom. The first-order valence-corrected chi connectivity index (χ1v) is 13.0. The van der Waals surface area contributed by atoms with E-state index in [2.05, 4.69) is 21.7 Å². The van der Waals surface area contributed by atoms with Gasteiger partial charge in [0.2, 0.25) is 17.6 Å². The number of carbonyl (C=O) groups excluding carboxylic acids is 3. The summed E-state index contributed by atoms with van der Waals surface area (Å²) in [6.45, 7) is 2.34. The minimum atomic E-state index is -0.695. The zero-order valence-electron chi connectivity index (χ0n) is 20.1. The molecule has 0 saturated carbocycles. The molecule has 7 nitrogen and oxygen atoms in total. The van der Waals surface area contributed by atoms with Crippen LogP contribution in [-0.4, -0.2) is 53.2 Å². The van der Waals surface area contributed by atoms with Crippen molar-refractivity contribution in [2.75, 3.05) is 13.6 Å². The van der Waals surface area contributed by atoms with Crippen molar-refractivity contribution in [1.29, 1.82) is 0 Å². The van der Waals surface area contributed by atoms with Crippen molar-refractivity contribution in [3.8, 4) is 0 Å². The fourth-order valence-electron chi connectivity index (χ4n) is 4.58. The predicted molar refractivity (Wildman–Crippen MR) is 133 cm³/mol. The van der Waals surface area contributed by atoms with Crippen LogP contribution in [0.3, 0.4) is 0 Å². The van der Waals surface area contributed by atoms with Crippen LogP contribution in [0.15, 0.2) is 41.3 Å². The molecule has 1 aromatic heterocycles. The van der Waals surface area contributed by atoms with E-state index >= 15 is 0 Å². The van der Waals surface area contributed by atoms with Crippen LogP contribution >= 0.6 is 11.3 Å². The van der Waals surface area contributed by atoms with Crippen molar-refractivity contribution in [2.24, 2.45) is 0 Å². The molecule has 2 heterocycles. The number of nitrogens with zero attached hydrogens (tertiary/aromatic N) is 2. The second-order valence-electron chi connectivity index (χ2n) is 9.07. The van der Waals surface area contributed by atoms with Crippen molar-refractivity contribution in [1.82, 2.24) is 20.5 Å². The van der Waals surface area contributed by atoms with Gasteiger partial charge in [-0.1, -0.05) is 6.08 Å². The number of carbonyl (C=O) groups is 3. The number of likely N-dealkylation sites (tertiary alicyclic amines) is 1. The number of hydrogen-bond acceptors (Lipinski definition) is 6. The number of ketones is 1. The molecule has 1 aromatic carbocycles. The van der Waals surface area contributed by atoms with Crippen LogP contribution in [0.2, 0.25) is 0 Å². The van der Waals surface area contributed by atoms with Crippen LogP contribution in [0.25, 0.3) is 0 Å². The Balaban J connectivity index is 1.55. The van der Waals surface area contributed by atoms with Gasteiger partial charge in [0.05, 0.1) is 12.1 Å². The Labute approximate surface area is 208 Å². The number of halogens is 1. The van der Waals surface area contributed by atoms with Gasteiger partial charge in [-0.25, -0.2) is 9.37 Å². The first-order chi connectivity index (χ1) is 16.9. The number of thiazole rings is 1. The van der Waals surface area contributed by atoms with E-state index in [-0.39, 0.29) is 23.6 Å². The van der Waals surface area contributed by atoms with Crippen LogP contribution in [0.1, 0.15) is 72.6 Å². The average molecular weight is 499 g/mol. The number of nitrogens with one attached hydrogen (secondary N) is 2. The third-order valence-electron chi connectivity index (χ3n) is 6.74. The highest BCUT2D eigenvalue weighted by Gasteiger charge is 2.38. The molecule has 0 bridgehead atoms. The lowest BCUT2D eigenvalue weighted by Gasteiger charge is -2.31. The van der Waals surface area contributed by atoms with Crippen LogP contribution in [-0.2, 0) is 9.59 Å². The zero-order chi connectivity index (χ0) is 24.9. The molecular formula is C26H31FN4O3S. The highest BCUT2D eigenvalue weighted by atomic mass is 32.1. The summed E-state index contributed by atoms with van der Waals surface area (Å²) in [6, 6.07) is 4.04. The number of allylic oxidation sites excluding steroid dienone is 1. The quantitative estimate of drug-likeness (QED) is 0.427. The molecule has 2 N–H and O–H groups in total. The average Bonchev–Trinajstić information content (AvgIpc) is 3.56. The molecule has 1 saturated heterocycles. The summed E-state index contributed by atoms with van der Waals surface area (Å²) in [4.78, 5) is 45.7. The number of rotatable bonds is 8. The number of hydrogen-bond donors (Lipinski definition) is 2. The van der Waals surface area contributed by atoms with Gasteiger partial charge in [-0.2, -0.15) is 0 Å². The van der Waals surface area contributed by atoms with E-state index in [1.165, 1.54) is 35.6 Å². The summed E-state index contributed by atoms with van der Waals surface area (Å²) in [6.07, 6.45) is 7.43. The molecule has 186 valence electrons. The van der Waals surface area contributed by atoms with Gasteiger partial charge >= 0.3 is 0 Å². The van der Waals surface area contributed by atoms with E-state index in [1.54, 1.807) is 24.3 Å². The number of benzene rings is 1. The van der Waals surface area contributed by atoms with Gasteiger partial charge in [-0.05, 0) is 82.3 Å². The largest absolute Gasteiger partial charge is 0.339 e. The second kappa shape index (κ2) is 11.2. The third kappa shape index (κ3) is 5.67. The maximum Gasteiger partial charge on any atom is 0.250 e. The maximum absolute atomic E-state index is 13.8. The van der Waals surface area contributed by atoms with E-state index in [0.717, 1.165) is 44.1 Å². The van der Waals surface area contributed by atoms with E-state index in [0.29, 0.717) is 22.8 Å². The molecule has 1 fully saturated rings. The van der Waals surface area contributed by atoms with E-state index in [4.69, 9.17) is 0 Å². The van der Waals surface area contributed by atoms with E-state index < -0.39 is 17.9 Å². The first kappa shape index (κ1) is 25.2. The first-order valence-electron chi connectivity index (χ1n) is 12.1. The highest BCUT2D eigenvalue weighted by molar-refractivity contribution is 7.10. The molecule has 35 heavy (non-hydrogen) atoms. The van der Waals surface area contributed by atoms with Crippen molar-refractivity contribution in [3.05, 3.63) is 63.4 Å². The molecule has 9 heteroatoms. The molecule has 3 atom stereocenters. The maximum atomic E-state index is 13.8. The minimum absolute atomic E-state index is 0.126. The van der Waals surface area contributed by atoms with E-state index in [1.807, 2.05) is 0 Å². The van der Waals surface area contributed by atoms with Crippen LogP contribution in [0.4, 0.5) is 4.39 Å². The summed E-state index contributed by atoms with van der Waals surface area (Å²) >= 11 is 1.35. The van der Waals surface area contributed by atoms with Gasteiger partial charge in [-0.15, -0.1) is 11.3 Å². The number of amides is 2. The Bertz CT molecular complexity index is 1110. The molecular weight excluding hydrogens is 467 g/mol. The highest BCUT2D eigenvalue weighted by Crippen LogP contribution is 2.35. The molecule has 2 aromatic rings. The van der Waals surface area contributed by atoms with Gasteiger partial charge in [0.15, 0.2) is 0 Å². The fraction of sp³-hybridized carbons (Fsp3) is 0.462. The normalized spacial score (nSPS) is 19.7. The van der Waals surface area contributed by atoms with Crippen LogP contribution in [0.5, 0.6) is 0 Å². The number of aromatic nitrogens is 1. The summed E-state index contributed by atoms with van der Waals surface area (Å²) in [7, 11) is 1.71. The Hall–Kier alpha value is -2.91. The summed E-state index contributed by atoms with van der Waals surface area (Å²) < 4.78 is 13.2. The standard InChI is InChI=1S/C26H31FN4O3S/c1-16(28-2)24(33)30-22(17-7-4-3-5-8-17)26(34)31-14-6-9-21(31)25-29-20(15-35-25)23(32)18-10-12-19(27)13-11-18/h7,10-13,15-16,21-22,28H,3-6,8-9,14H2,1-2H3,(H,30,33)/t16-,21-,22-/m0/s1. The van der Waals surface area contributed by atoms with Gasteiger partial charge in [0, 0.05) is 17.5 Å². The lowest BCUT2D eigenvalue weighted by atomic mass is 9.92. The Kier molecular flexibility index (Phi) is 8.07. The van der Waals surface area contributed by atoms with Gasteiger partial charge < -0.3 is 15.5 Å². The third-order valence-corrected chi connectivity index (χ3v) is 7.68. The molecule has 1 aliphatic carbocycles. The molecule has 1 aliphatic heterocycles. The molecule has 0 radical (unpaired) electrons. The minimum Gasteiger partial charge on any atom is -0.339 e. The van der Waals surface area contributed by atoms with Gasteiger partial charge in [0.1, 0.15) is 22.6 Å². The Morgan fingerprint density at radius 3 is 2.63 bits per heavy atom. The molecule has 0 unspecified atom stereocenters. The Morgan fingerprint density at radius 2 is 1.94 bits per heavy atom. The second-order valence-corrected chi connectivity index (χ2v) is 9.96.